The number of imidazole rings is 1. The number of hydrogen-bond acceptors (Lipinski definition) is 7. The molecule has 39 heavy (non-hydrogen) atoms. The van der Waals surface area contributed by atoms with Crippen LogP contribution in [0.5, 0.6) is 0 Å². The molecule has 2 aromatic carbocycles. The number of fused-ring (bicyclic) bond motifs is 1. The number of H-pyrrole nitrogens is 1. The van der Waals surface area contributed by atoms with Crippen molar-refractivity contribution in [3.8, 4) is 22.6 Å². The lowest BCUT2D eigenvalue weighted by atomic mass is 10.0. The molecule has 0 bridgehead atoms. The molecule has 2 aromatic heterocycles. The Hall–Kier alpha value is -4.47. The van der Waals surface area contributed by atoms with Gasteiger partial charge in [0.1, 0.15) is 29.1 Å². The molecular weight excluding hydrogens is 542 g/mol. The highest BCUT2D eigenvalue weighted by Gasteiger charge is 2.39. The van der Waals surface area contributed by atoms with E-state index in [1.54, 1.807) is 0 Å². The number of alkyl halides is 6. The summed E-state index contributed by atoms with van der Waals surface area (Å²) in [6.45, 7) is -0.285. The fourth-order valence-corrected chi connectivity index (χ4v) is 3.99. The summed E-state index contributed by atoms with van der Waals surface area (Å²) in [5.41, 5.74) is 8.23. The zero-order chi connectivity index (χ0) is 28.3. The second-order valence-electron chi connectivity index (χ2n) is 8.41. The SMILES string of the molecule is NC1=NN(Cc2cc(-c3ccc(C(F)(F)F)cc3C(F)(F)F)no2)C(N)c2nc(-c3cccc(F)c3F)[nH]c21. The highest BCUT2D eigenvalue weighted by Crippen LogP contribution is 2.41. The van der Waals surface area contributed by atoms with E-state index in [1.807, 2.05) is 0 Å². The van der Waals surface area contributed by atoms with Gasteiger partial charge in [-0.15, -0.1) is 0 Å². The van der Waals surface area contributed by atoms with Gasteiger partial charge in [0.15, 0.2) is 23.2 Å². The van der Waals surface area contributed by atoms with Crippen LogP contribution in [-0.4, -0.2) is 26.0 Å². The lowest BCUT2D eigenvalue weighted by molar-refractivity contribution is -0.142. The standard InChI is InChI=1S/C23H15F8N7O/c24-14-3-1-2-12(16(14)25)21-34-17-18(35-21)20(33)38(36-19(17)32)8-10-7-15(37-39-10)11-5-4-9(22(26,27)28)6-13(11)23(29,30)31/h1-7,20H,8,33H2,(H2,32,36)(H,34,35). The molecule has 0 amide bonds. The largest absolute Gasteiger partial charge is 0.417 e. The maximum absolute atomic E-state index is 14.3. The van der Waals surface area contributed by atoms with Gasteiger partial charge in [-0.1, -0.05) is 17.3 Å². The Morgan fingerprint density at radius 1 is 0.974 bits per heavy atom. The van der Waals surface area contributed by atoms with Crippen molar-refractivity contribution in [2.75, 3.05) is 0 Å². The monoisotopic (exact) mass is 557 g/mol. The van der Waals surface area contributed by atoms with Crippen LogP contribution in [0.1, 0.15) is 34.4 Å². The molecule has 0 saturated heterocycles. The Morgan fingerprint density at radius 2 is 1.72 bits per heavy atom. The van der Waals surface area contributed by atoms with Crippen LogP contribution >= 0.6 is 0 Å². The Kier molecular flexibility index (Phi) is 6.08. The van der Waals surface area contributed by atoms with Crippen LogP contribution in [0.3, 0.4) is 0 Å². The summed E-state index contributed by atoms with van der Waals surface area (Å²) in [6, 6.07) is 5.73. The van der Waals surface area contributed by atoms with Crippen molar-refractivity contribution < 1.29 is 39.6 Å². The van der Waals surface area contributed by atoms with E-state index in [2.05, 4.69) is 20.2 Å². The third-order valence-electron chi connectivity index (χ3n) is 5.84. The number of benzene rings is 2. The Balaban J connectivity index is 1.43. The molecule has 1 aliphatic heterocycles. The summed E-state index contributed by atoms with van der Waals surface area (Å²) in [5, 5.41) is 8.82. The highest BCUT2D eigenvalue weighted by atomic mass is 19.4. The molecule has 0 saturated carbocycles. The average Bonchev–Trinajstić information content (AvgIpc) is 3.51. The molecule has 204 valence electrons. The van der Waals surface area contributed by atoms with Crippen molar-refractivity contribution in [3.63, 3.8) is 0 Å². The smallest absolute Gasteiger partial charge is 0.380 e. The summed E-state index contributed by atoms with van der Waals surface area (Å²) in [6.07, 6.45) is -11.2. The quantitative estimate of drug-likeness (QED) is 0.299. The molecule has 1 unspecified atom stereocenters. The number of amidine groups is 1. The highest BCUT2D eigenvalue weighted by molar-refractivity contribution is 5.98. The zero-order valence-corrected chi connectivity index (χ0v) is 19.2. The number of aromatic nitrogens is 3. The second-order valence-corrected chi connectivity index (χ2v) is 8.41. The Morgan fingerprint density at radius 3 is 2.41 bits per heavy atom. The van der Waals surface area contributed by atoms with Crippen LogP contribution in [0.2, 0.25) is 0 Å². The van der Waals surface area contributed by atoms with E-state index in [1.165, 1.54) is 12.1 Å². The summed E-state index contributed by atoms with van der Waals surface area (Å²) in [4.78, 5) is 6.95. The van der Waals surface area contributed by atoms with Crippen LogP contribution in [-0.2, 0) is 18.9 Å². The van der Waals surface area contributed by atoms with Crippen molar-refractivity contribution in [2.24, 2.45) is 16.6 Å². The number of nitrogens with one attached hydrogen (secondary N) is 1. The van der Waals surface area contributed by atoms with Gasteiger partial charge in [0, 0.05) is 11.6 Å². The summed E-state index contributed by atoms with van der Waals surface area (Å²) < 4.78 is 113. The van der Waals surface area contributed by atoms with Gasteiger partial charge in [0.2, 0.25) is 0 Å². The third-order valence-corrected chi connectivity index (χ3v) is 5.84. The van der Waals surface area contributed by atoms with Crippen LogP contribution in [0.4, 0.5) is 35.1 Å². The molecule has 16 heteroatoms. The maximum atomic E-state index is 14.3. The van der Waals surface area contributed by atoms with Gasteiger partial charge in [-0.25, -0.2) is 13.8 Å². The fraction of sp³-hybridized carbons (Fsp3) is 0.174. The molecule has 3 heterocycles. The molecule has 1 atom stereocenters. The van der Waals surface area contributed by atoms with E-state index in [0.29, 0.717) is 12.1 Å². The van der Waals surface area contributed by atoms with Crippen molar-refractivity contribution in [3.05, 3.63) is 82.4 Å². The molecule has 0 aliphatic carbocycles. The van der Waals surface area contributed by atoms with Crippen molar-refractivity contribution in [1.82, 2.24) is 20.1 Å². The molecule has 8 nitrogen and oxygen atoms in total. The molecule has 0 radical (unpaired) electrons. The summed E-state index contributed by atoms with van der Waals surface area (Å²) in [5.74, 6) is -2.52. The van der Waals surface area contributed by atoms with Crippen LogP contribution in [0.25, 0.3) is 22.6 Å². The molecule has 0 fully saturated rings. The van der Waals surface area contributed by atoms with Gasteiger partial charge in [-0.05, 0) is 24.3 Å². The normalized spacial score (nSPS) is 15.9. The van der Waals surface area contributed by atoms with Crippen LogP contribution < -0.4 is 11.5 Å². The minimum Gasteiger partial charge on any atom is -0.380 e. The third kappa shape index (κ3) is 4.78. The first kappa shape index (κ1) is 26.1. The van der Waals surface area contributed by atoms with Gasteiger partial charge in [-0.2, -0.15) is 31.4 Å². The van der Waals surface area contributed by atoms with E-state index >= 15 is 0 Å². The number of nitrogens with two attached hydrogens (primary N) is 2. The Bertz CT molecular complexity index is 1590. The topological polar surface area (TPSA) is 122 Å². The molecule has 1 aliphatic rings. The van der Waals surface area contributed by atoms with Crippen molar-refractivity contribution >= 4 is 5.84 Å². The van der Waals surface area contributed by atoms with Gasteiger partial charge in [0.05, 0.1) is 23.2 Å². The lowest BCUT2D eigenvalue weighted by Gasteiger charge is -2.28. The van der Waals surface area contributed by atoms with Crippen molar-refractivity contribution in [1.29, 1.82) is 0 Å². The molecule has 5 N–H and O–H groups in total. The first-order valence-electron chi connectivity index (χ1n) is 10.9. The predicted octanol–water partition coefficient (Wildman–Crippen LogP) is 5.14. The van der Waals surface area contributed by atoms with Crippen LogP contribution in [0.15, 0.2) is 52.1 Å². The second kappa shape index (κ2) is 9.07. The number of halogens is 8. The molecule has 0 spiro atoms. The van der Waals surface area contributed by atoms with Gasteiger partial charge in [-0.3, -0.25) is 5.01 Å². The van der Waals surface area contributed by atoms with E-state index in [0.717, 1.165) is 17.1 Å². The summed E-state index contributed by atoms with van der Waals surface area (Å²) >= 11 is 0. The minimum atomic E-state index is -5.11. The number of aromatic amines is 1. The summed E-state index contributed by atoms with van der Waals surface area (Å²) in [7, 11) is 0. The number of hydrazone groups is 1. The fourth-order valence-electron chi connectivity index (χ4n) is 3.99. The first-order chi connectivity index (χ1) is 18.2. The number of hydrogen-bond donors (Lipinski definition) is 3. The molecule has 5 rings (SSSR count). The Labute approximate surface area is 212 Å². The maximum Gasteiger partial charge on any atom is 0.417 e. The van der Waals surface area contributed by atoms with E-state index in [-0.39, 0.29) is 52.7 Å². The predicted molar refractivity (Wildman–Crippen MR) is 119 cm³/mol. The van der Waals surface area contributed by atoms with Gasteiger partial charge >= 0.3 is 12.4 Å². The van der Waals surface area contributed by atoms with Gasteiger partial charge in [0.25, 0.3) is 0 Å². The number of rotatable bonds is 4. The van der Waals surface area contributed by atoms with Crippen molar-refractivity contribution in [2.45, 2.75) is 25.1 Å². The number of nitrogens with zero attached hydrogens (tertiary/aromatic N) is 4. The zero-order valence-electron chi connectivity index (χ0n) is 19.2. The lowest BCUT2D eigenvalue weighted by Crippen LogP contribution is -2.38. The average molecular weight is 557 g/mol. The van der Waals surface area contributed by atoms with E-state index in [9.17, 15) is 35.1 Å². The van der Waals surface area contributed by atoms with E-state index < -0.39 is 46.8 Å². The van der Waals surface area contributed by atoms with Crippen LogP contribution in [0, 0.1) is 11.6 Å². The first-order valence-corrected chi connectivity index (χ1v) is 10.9. The minimum absolute atomic E-state index is 0.00659. The molecular formula is C23H15F8N7O. The van der Waals surface area contributed by atoms with E-state index in [4.69, 9.17) is 16.0 Å². The van der Waals surface area contributed by atoms with Gasteiger partial charge < -0.3 is 21.0 Å². The molecule has 4 aromatic rings.